The fourth-order valence-corrected chi connectivity index (χ4v) is 6.18. The zero-order valence-corrected chi connectivity index (χ0v) is 29.7. The number of nitrogens with one attached hydrogen (secondary N) is 1. The highest BCUT2D eigenvalue weighted by Gasteiger charge is 2.21. The summed E-state index contributed by atoms with van der Waals surface area (Å²) in [5.41, 5.74) is 5.72. The number of piperazine rings is 1. The number of hydrogen-bond donors (Lipinski definition) is 2. The topological polar surface area (TPSA) is 94.1 Å². The number of ether oxygens (including phenoxy) is 1. The van der Waals surface area contributed by atoms with Gasteiger partial charge in [0.2, 0.25) is 0 Å². The summed E-state index contributed by atoms with van der Waals surface area (Å²) in [6.45, 7) is 10.7. The number of carbonyl (C=O) groups excluding carboxylic acids is 1. The second kappa shape index (κ2) is 19.9. The van der Waals surface area contributed by atoms with Crippen LogP contribution in [-0.4, -0.2) is 82.9 Å². The predicted octanol–water partition coefficient (Wildman–Crippen LogP) is 7.98. The number of fused-ring (bicyclic) bond motifs is 1. The molecule has 1 amide bonds. The zero-order valence-electron chi connectivity index (χ0n) is 29.7. The molecule has 1 aliphatic rings. The minimum absolute atomic E-state index is 0.0910. The summed E-state index contributed by atoms with van der Waals surface area (Å²) in [5, 5.41) is 10.3. The van der Waals surface area contributed by atoms with Crippen molar-refractivity contribution in [2.45, 2.75) is 85.0 Å². The molecule has 0 radical (unpaired) electrons. The maximum Gasteiger partial charge on any atom is 0.270 e. The molecule has 0 saturated carbocycles. The molecule has 3 aromatic rings. The molecule has 4 rings (SSSR count). The molecule has 8 heteroatoms. The van der Waals surface area contributed by atoms with Crippen LogP contribution in [0.15, 0.2) is 71.5 Å². The van der Waals surface area contributed by atoms with Crippen LogP contribution in [0.5, 0.6) is 5.75 Å². The largest absolute Gasteiger partial charge is 0.493 e. The lowest BCUT2D eigenvalue weighted by Crippen LogP contribution is -2.47. The maximum atomic E-state index is 13.1. The third-order valence-electron chi connectivity index (χ3n) is 9.27. The van der Waals surface area contributed by atoms with Gasteiger partial charge in [-0.3, -0.25) is 14.8 Å². The molecule has 48 heavy (non-hydrogen) atoms. The van der Waals surface area contributed by atoms with Crippen LogP contribution in [0.2, 0.25) is 0 Å². The van der Waals surface area contributed by atoms with Crippen molar-refractivity contribution in [3.05, 3.63) is 83.5 Å². The number of aliphatic imine (C=N–C) groups is 1. The number of amides is 1. The Labute approximate surface area is 288 Å². The first-order chi connectivity index (χ1) is 23.4. The fraction of sp³-hybridized carbons (Fsp3) is 0.525. The van der Waals surface area contributed by atoms with E-state index in [1.165, 1.54) is 5.56 Å². The van der Waals surface area contributed by atoms with E-state index in [0.29, 0.717) is 18.2 Å². The number of carbonyl (C=O) groups is 1. The van der Waals surface area contributed by atoms with E-state index in [1.807, 2.05) is 42.2 Å². The highest BCUT2D eigenvalue weighted by molar-refractivity contribution is 6.08. The van der Waals surface area contributed by atoms with Crippen molar-refractivity contribution in [2.75, 3.05) is 46.4 Å². The van der Waals surface area contributed by atoms with Gasteiger partial charge in [-0.25, -0.2) is 0 Å². The minimum Gasteiger partial charge on any atom is -0.493 e. The Morgan fingerprint density at radius 3 is 2.67 bits per heavy atom. The number of rotatable bonds is 19. The molecular weight excluding hydrogens is 598 g/mol. The van der Waals surface area contributed by atoms with E-state index >= 15 is 0 Å². The quantitative estimate of drug-likeness (QED) is 0.101. The second-order valence-electron chi connectivity index (χ2n) is 13.0. The molecule has 3 heterocycles. The van der Waals surface area contributed by atoms with E-state index in [4.69, 9.17) is 9.73 Å². The fourth-order valence-electron chi connectivity index (χ4n) is 6.18. The molecule has 1 saturated heterocycles. The van der Waals surface area contributed by atoms with E-state index in [-0.39, 0.29) is 12.5 Å². The Morgan fingerprint density at radius 1 is 1.08 bits per heavy atom. The van der Waals surface area contributed by atoms with Gasteiger partial charge in [0.05, 0.1) is 18.0 Å². The van der Waals surface area contributed by atoms with Crippen molar-refractivity contribution in [3.63, 3.8) is 0 Å². The van der Waals surface area contributed by atoms with Gasteiger partial charge < -0.3 is 24.6 Å². The van der Waals surface area contributed by atoms with Gasteiger partial charge in [-0.1, -0.05) is 44.9 Å². The number of aromatic nitrogens is 2. The zero-order chi connectivity index (χ0) is 34.1. The lowest BCUT2D eigenvalue weighted by atomic mass is 9.97. The Balaban J connectivity index is 1.38. The number of aromatic amines is 1. The maximum absolute atomic E-state index is 13.1. The predicted molar refractivity (Wildman–Crippen MR) is 198 cm³/mol. The highest BCUT2D eigenvalue weighted by atomic mass is 16.5. The number of aryl methyl sites for hydroxylation is 1. The summed E-state index contributed by atoms with van der Waals surface area (Å²) in [6, 6.07) is 12.4. The Bertz CT molecular complexity index is 1520. The summed E-state index contributed by atoms with van der Waals surface area (Å²) in [7, 11) is 2.10. The Hall–Kier alpha value is -3.75. The summed E-state index contributed by atoms with van der Waals surface area (Å²) < 4.78 is 6.13. The number of aliphatic hydroxyl groups is 1. The summed E-state index contributed by atoms with van der Waals surface area (Å²) in [4.78, 5) is 30.4. The van der Waals surface area contributed by atoms with Crippen molar-refractivity contribution in [1.82, 2.24) is 19.8 Å². The van der Waals surface area contributed by atoms with Crippen LogP contribution < -0.4 is 4.74 Å². The number of aliphatic hydroxyl groups excluding tert-OH is 1. The third-order valence-corrected chi connectivity index (χ3v) is 9.27. The van der Waals surface area contributed by atoms with Crippen molar-refractivity contribution in [2.24, 2.45) is 10.9 Å². The molecule has 1 aromatic carbocycles. The lowest BCUT2D eigenvalue weighted by Gasteiger charge is -2.32. The average Bonchev–Trinajstić information content (AvgIpc) is 3.54. The number of allylic oxidation sites excluding steroid dienone is 4. The minimum atomic E-state index is 0.0910. The van der Waals surface area contributed by atoms with Gasteiger partial charge in [0.1, 0.15) is 11.4 Å². The Morgan fingerprint density at radius 2 is 1.92 bits per heavy atom. The van der Waals surface area contributed by atoms with Crippen molar-refractivity contribution in [3.8, 4) is 5.75 Å². The summed E-state index contributed by atoms with van der Waals surface area (Å²) in [5.74, 6) is 1.47. The summed E-state index contributed by atoms with van der Waals surface area (Å²) >= 11 is 0. The van der Waals surface area contributed by atoms with Gasteiger partial charge in [0, 0.05) is 61.6 Å². The summed E-state index contributed by atoms with van der Waals surface area (Å²) in [6.07, 6.45) is 18.1. The van der Waals surface area contributed by atoms with Crippen LogP contribution >= 0.6 is 0 Å². The molecular formula is C40H57N5O3. The molecule has 8 nitrogen and oxygen atoms in total. The number of likely N-dealkylation sites (N-methyl/N-ethyl adjacent to an activating group) is 1. The van der Waals surface area contributed by atoms with E-state index < -0.39 is 0 Å². The SMILES string of the molecule is C\C=C/C(=N/C(=C\CCCc1ccc2[nH]c(C(=O)N3CCN(C)CC3)cc2c1)CCCC)c1cc(OCCC(CC)CCCO)ccn1. The number of hydrogen-bond acceptors (Lipinski definition) is 6. The molecule has 0 bridgehead atoms. The van der Waals surface area contributed by atoms with Crippen LogP contribution in [-0.2, 0) is 6.42 Å². The normalized spacial score (nSPS) is 15.5. The van der Waals surface area contributed by atoms with Crippen LogP contribution in [0.1, 0.15) is 100 Å². The number of benzene rings is 1. The van der Waals surface area contributed by atoms with Gasteiger partial charge in [-0.05, 0) is 107 Å². The van der Waals surface area contributed by atoms with E-state index in [1.54, 1.807) is 6.20 Å². The number of H-pyrrole nitrogens is 1. The van der Waals surface area contributed by atoms with Gasteiger partial charge in [0.15, 0.2) is 0 Å². The van der Waals surface area contributed by atoms with E-state index in [2.05, 4.69) is 60.0 Å². The molecule has 2 N–H and O–H groups in total. The lowest BCUT2D eigenvalue weighted by molar-refractivity contribution is 0.0659. The average molecular weight is 656 g/mol. The molecule has 260 valence electrons. The molecule has 1 fully saturated rings. The van der Waals surface area contributed by atoms with Gasteiger partial charge >= 0.3 is 0 Å². The molecule has 1 aliphatic heterocycles. The monoisotopic (exact) mass is 655 g/mol. The highest BCUT2D eigenvalue weighted by Crippen LogP contribution is 2.22. The van der Waals surface area contributed by atoms with Crippen LogP contribution in [0, 0.1) is 5.92 Å². The molecule has 2 aromatic heterocycles. The molecule has 1 unspecified atom stereocenters. The van der Waals surface area contributed by atoms with Gasteiger partial charge in [-0.15, -0.1) is 0 Å². The van der Waals surface area contributed by atoms with Crippen LogP contribution in [0.25, 0.3) is 10.9 Å². The molecule has 1 atom stereocenters. The smallest absolute Gasteiger partial charge is 0.270 e. The van der Waals surface area contributed by atoms with Crippen LogP contribution in [0.3, 0.4) is 0 Å². The first kappa shape index (κ1) is 37.1. The molecule has 0 spiro atoms. The first-order valence-corrected chi connectivity index (χ1v) is 18.1. The number of pyridine rings is 1. The van der Waals surface area contributed by atoms with Crippen LogP contribution in [0.4, 0.5) is 0 Å². The van der Waals surface area contributed by atoms with Gasteiger partial charge in [0.25, 0.3) is 5.91 Å². The van der Waals surface area contributed by atoms with Crippen molar-refractivity contribution >= 4 is 22.5 Å². The van der Waals surface area contributed by atoms with E-state index in [9.17, 15) is 9.90 Å². The van der Waals surface area contributed by atoms with Crippen molar-refractivity contribution in [1.29, 1.82) is 0 Å². The number of nitrogens with zero attached hydrogens (tertiary/aromatic N) is 4. The second-order valence-corrected chi connectivity index (χ2v) is 13.0. The Kier molecular flexibility index (Phi) is 15.4. The van der Waals surface area contributed by atoms with Gasteiger partial charge in [-0.2, -0.15) is 0 Å². The molecule has 0 aliphatic carbocycles. The standard InChI is InChI=1S/C40H57N5O3/c1-5-8-15-34(42-37(12-6-2)38-30-35(19-21-41-38)48-27-20-31(7-3)14-11-26-46)16-10-9-13-32-17-18-36-33(28-32)29-39(43-36)40(47)45-24-22-44(4)23-25-45/h6,12,16-19,21,28-31,43,46H,5,7-11,13-15,20,22-27H2,1-4H3/b12-6-,34-16-,42-37-. The third kappa shape index (κ3) is 11.4. The van der Waals surface area contributed by atoms with E-state index in [0.717, 1.165) is 124 Å². The van der Waals surface area contributed by atoms with Crippen molar-refractivity contribution < 1.29 is 14.6 Å². The number of unbranched alkanes of at least 4 members (excludes halogenated alkanes) is 2. The first-order valence-electron chi connectivity index (χ1n) is 18.1.